The molecule has 0 N–H and O–H groups in total. The Morgan fingerprint density at radius 3 is 2.50 bits per heavy atom. The molecule has 0 radical (unpaired) electrons. The Kier molecular flexibility index (Phi) is 5.03. The first-order chi connectivity index (χ1) is 9.63. The molecule has 1 aromatic rings. The summed E-state index contributed by atoms with van der Waals surface area (Å²) in [6.07, 6.45) is 12.7. The predicted molar refractivity (Wildman–Crippen MR) is 89.1 cm³/mol. The van der Waals surface area contributed by atoms with Gasteiger partial charge < -0.3 is 0 Å². The number of halogens is 1. The number of alkyl halides is 1. The largest absolute Gasteiger partial charge is 0.113 e. The third-order valence-corrected chi connectivity index (χ3v) is 4.09. The van der Waals surface area contributed by atoms with Crippen LogP contribution in [-0.2, 0) is 0 Å². The van der Waals surface area contributed by atoms with Crippen molar-refractivity contribution < 1.29 is 0 Å². The van der Waals surface area contributed by atoms with Crippen molar-refractivity contribution in [3.05, 3.63) is 83.0 Å². The highest BCUT2D eigenvalue weighted by atomic mass is 35.5. The lowest BCUT2D eigenvalue weighted by Gasteiger charge is -2.20. The smallest absolute Gasteiger partial charge is 0.0838 e. The standard InChI is InChI=1S/C19H21Cl/c1-4-7-18(17-9-6-5-8-15(17)3)19(20)16-12-10-14(2)11-13-16/h4-13,15,19H,1-3H3/b7-4-,18-17+. The minimum Gasteiger partial charge on any atom is -0.113 e. The summed E-state index contributed by atoms with van der Waals surface area (Å²) in [5, 5.41) is -0.111. The fourth-order valence-corrected chi connectivity index (χ4v) is 2.77. The van der Waals surface area contributed by atoms with Gasteiger partial charge in [0.15, 0.2) is 0 Å². The van der Waals surface area contributed by atoms with Gasteiger partial charge in [0.05, 0.1) is 5.38 Å². The van der Waals surface area contributed by atoms with Gasteiger partial charge in [-0.25, -0.2) is 0 Å². The van der Waals surface area contributed by atoms with Gasteiger partial charge in [0, 0.05) is 0 Å². The molecule has 0 nitrogen and oxygen atoms in total. The van der Waals surface area contributed by atoms with Gasteiger partial charge >= 0.3 is 0 Å². The number of hydrogen-bond donors (Lipinski definition) is 0. The highest BCUT2D eigenvalue weighted by Gasteiger charge is 2.18. The summed E-state index contributed by atoms with van der Waals surface area (Å²) in [6, 6.07) is 8.46. The zero-order valence-corrected chi connectivity index (χ0v) is 13.1. The maximum Gasteiger partial charge on any atom is 0.0838 e. The summed E-state index contributed by atoms with van der Waals surface area (Å²) in [5.74, 6) is 0.401. The lowest BCUT2D eigenvalue weighted by Crippen LogP contribution is -2.04. The molecule has 0 amide bonds. The molecule has 1 aliphatic carbocycles. The molecule has 0 heterocycles. The molecule has 1 aromatic carbocycles. The predicted octanol–water partition coefficient (Wildman–Crippen LogP) is 5.91. The van der Waals surface area contributed by atoms with Gasteiger partial charge in [0.25, 0.3) is 0 Å². The quantitative estimate of drug-likeness (QED) is 0.605. The summed E-state index contributed by atoms with van der Waals surface area (Å²) in [7, 11) is 0. The third-order valence-electron chi connectivity index (χ3n) is 3.60. The number of rotatable bonds is 3. The van der Waals surface area contributed by atoms with Gasteiger partial charge in [0.1, 0.15) is 0 Å². The van der Waals surface area contributed by atoms with E-state index in [1.54, 1.807) is 0 Å². The molecule has 1 heteroatoms. The average molecular weight is 285 g/mol. The van der Waals surface area contributed by atoms with Crippen LogP contribution < -0.4 is 0 Å². The fraction of sp³-hybridized carbons (Fsp3) is 0.263. The van der Waals surface area contributed by atoms with Gasteiger partial charge in [-0.3, -0.25) is 0 Å². The highest BCUT2D eigenvalue weighted by Crippen LogP contribution is 2.35. The minimum absolute atomic E-state index is 0.111. The monoisotopic (exact) mass is 284 g/mol. The van der Waals surface area contributed by atoms with Crippen LogP contribution in [0.1, 0.15) is 30.4 Å². The van der Waals surface area contributed by atoms with Gasteiger partial charge in [-0.2, -0.15) is 0 Å². The maximum absolute atomic E-state index is 6.73. The van der Waals surface area contributed by atoms with Crippen LogP contribution >= 0.6 is 11.6 Å². The first-order valence-corrected chi connectivity index (χ1v) is 7.49. The van der Waals surface area contributed by atoms with Gasteiger partial charge in [0.2, 0.25) is 0 Å². The number of allylic oxidation sites excluding steroid dienone is 8. The minimum atomic E-state index is -0.111. The average Bonchev–Trinajstić information content (AvgIpc) is 2.46. The van der Waals surface area contributed by atoms with Crippen molar-refractivity contribution in [1.82, 2.24) is 0 Å². The van der Waals surface area contributed by atoms with Crippen molar-refractivity contribution in [3.8, 4) is 0 Å². The first kappa shape index (κ1) is 14.9. The van der Waals surface area contributed by atoms with Crippen molar-refractivity contribution in [2.24, 2.45) is 5.92 Å². The number of benzene rings is 1. The topological polar surface area (TPSA) is 0 Å². The Labute approximate surface area is 127 Å². The van der Waals surface area contributed by atoms with Crippen LogP contribution in [0.25, 0.3) is 0 Å². The Balaban J connectivity index is 2.43. The van der Waals surface area contributed by atoms with Gasteiger partial charge in [-0.05, 0) is 36.5 Å². The lowest BCUT2D eigenvalue weighted by molar-refractivity contribution is 0.859. The Morgan fingerprint density at radius 1 is 1.20 bits per heavy atom. The summed E-state index contributed by atoms with van der Waals surface area (Å²) in [4.78, 5) is 0. The van der Waals surface area contributed by atoms with E-state index in [0.717, 1.165) is 5.56 Å². The van der Waals surface area contributed by atoms with E-state index in [0.29, 0.717) is 5.92 Å². The van der Waals surface area contributed by atoms with Crippen LogP contribution in [0.2, 0.25) is 0 Å². The van der Waals surface area contributed by atoms with Gasteiger partial charge in [-0.1, -0.05) is 73.2 Å². The molecule has 104 valence electrons. The molecule has 0 aliphatic heterocycles. The van der Waals surface area contributed by atoms with E-state index in [1.807, 2.05) is 6.92 Å². The van der Waals surface area contributed by atoms with Crippen molar-refractivity contribution in [2.45, 2.75) is 26.1 Å². The van der Waals surface area contributed by atoms with Crippen molar-refractivity contribution in [3.63, 3.8) is 0 Å². The van der Waals surface area contributed by atoms with E-state index < -0.39 is 0 Å². The molecule has 2 rings (SSSR count). The summed E-state index contributed by atoms with van der Waals surface area (Å²) in [6.45, 7) is 6.33. The molecule has 0 aromatic heterocycles. The molecule has 20 heavy (non-hydrogen) atoms. The zero-order chi connectivity index (χ0) is 14.5. The van der Waals surface area contributed by atoms with Crippen molar-refractivity contribution >= 4 is 11.6 Å². The maximum atomic E-state index is 6.73. The Hall–Kier alpha value is -1.53. The summed E-state index contributed by atoms with van der Waals surface area (Å²) < 4.78 is 0. The Bertz CT molecular complexity index is 570. The van der Waals surface area contributed by atoms with Crippen LogP contribution in [0, 0.1) is 12.8 Å². The van der Waals surface area contributed by atoms with E-state index in [-0.39, 0.29) is 5.38 Å². The van der Waals surface area contributed by atoms with E-state index in [1.165, 1.54) is 16.7 Å². The zero-order valence-electron chi connectivity index (χ0n) is 12.3. The summed E-state index contributed by atoms with van der Waals surface area (Å²) >= 11 is 6.73. The SMILES string of the molecule is C/C=C\C(=C1\C=CC=CC1C)C(Cl)c1ccc(C)cc1. The molecule has 1 aliphatic rings. The van der Waals surface area contributed by atoms with E-state index in [4.69, 9.17) is 11.6 Å². The molecular formula is C19H21Cl. The Morgan fingerprint density at radius 2 is 1.90 bits per heavy atom. The number of aryl methyl sites for hydroxylation is 1. The molecule has 2 atom stereocenters. The second kappa shape index (κ2) is 6.76. The first-order valence-electron chi connectivity index (χ1n) is 7.05. The molecular weight excluding hydrogens is 264 g/mol. The second-order valence-electron chi connectivity index (χ2n) is 5.22. The van der Waals surface area contributed by atoms with Crippen LogP contribution in [0.15, 0.2) is 71.9 Å². The van der Waals surface area contributed by atoms with E-state index in [9.17, 15) is 0 Å². The molecule has 0 fully saturated rings. The third kappa shape index (κ3) is 3.32. The van der Waals surface area contributed by atoms with Gasteiger partial charge in [-0.15, -0.1) is 11.6 Å². The molecule has 0 saturated carbocycles. The van der Waals surface area contributed by atoms with Crippen molar-refractivity contribution in [1.29, 1.82) is 0 Å². The van der Waals surface area contributed by atoms with Crippen LogP contribution in [0.4, 0.5) is 0 Å². The van der Waals surface area contributed by atoms with Crippen LogP contribution in [0.5, 0.6) is 0 Å². The van der Waals surface area contributed by atoms with Crippen LogP contribution in [0.3, 0.4) is 0 Å². The summed E-state index contributed by atoms with van der Waals surface area (Å²) in [5.41, 5.74) is 4.89. The molecule has 0 bridgehead atoms. The molecule has 0 spiro atoms. The van der Waals surface area contributed by atoms with Crippen LogP contribution in [-0.4, -0.2) is 0 Å². The molecule has 2 unspecified atom stereocenters. The van der Waals surface area contributed by atoms with Crippen molar-refractivity contribution in [2.75, 3.05) is 0 Å². The molecule has 0 saturated heterocycles. The lowest BCUT2D eigenvalue weighted by atomic mass is 9.88. The second-order valence-corrected chi connectivity index (χ2v) is 5.65. The normalized spacial score (nSPS) is 22.3. The van der Waals surface area contributed by atoms with E-state index >= 15 is 0 Å². The number of hydrogen-bond acceptors (Lipinski definition) is 0. The highest BCUT2D eigenvalue weighted by molar-refractivity contribution is 6.23. The fourth-order valence-electron chi connectivity index (χ4n) is 2.43. The van der Waals surface area contributed by atoms with E-state index in [2.05, 4.69) is 74.6 Å².